The number of rotatable bonds is 2. The largest absolute Gasteiger partial charge is 0.573 e. The molecule has 0 radical (unpaired) electrons. The van der Waals surface area contributed by atoms with Gasteiger partial charge >= 0.3 is 12.3 Å². The molecule has 1 aromatic rings. The van der Waals surface area contributed by atoms with Crippen molar-refractivity contribution in [2.75, 3.05) is 0 Å². The van der Waals surface area contributed by atoms with Crippen molar-refractivity contribution in [3.05, 3.63) is 21.0 Å². The highest BCUT2D eigenvalue weighted by Gasteiger charge is 2.33. The van der Waals surface area contributed by atoms with Crippen LogP contribution in [-0.2, 0) is 0 Å². The quantitative estimate of drug-likeness (QED) is 0.836. The van der Waals surface area contributed by atoms with E-state index in [4.69, 9.17) is 5.11 Å². The van der Waals surface area contributed by atoms with Gasteiger partial charge in [-0.15, -0.1) is 13.2 Å². The molecule has 0 saturated heterocycles. The average molecular weight is 347 g/mol. The summed E-state index contributed by atoms with van der Waals surface area (Å²) in [5.74, 6) is -1.78. The molecule has 0 spiro atoms. The Hall–Kier alpha value is -1.06. The Balaban J connectivity index is 3.18. The van der Waals surface area contributed by atoms with Crippen LogP contribution in [0.3, 0.4) is 0 Å². The first-order valence-corrected chi connectivity index (χ1v) is 4.95. The van der Waals surface area contributed by atoms with Gasteiger partial charge in [0, 0.05) is 0 Å². The molecule has 8 heteroatoms. The number of hydrogen-bond donors (Lipinski definition) is 1. The van der Waals surface area contributed by atoms with Crippen molar-refractivity contribution >= 4 is 28.6 Å². The second-order valence-electron chi connectivity index (χ2n) is 2.76. The predicted molar refractivity (Wildman–Crippen MR) is 55.3 cm³/mol. The molecule has 0 aliphatic rings. The second-order valence-corrected chi connectivity index (χ2v) is 3.92. The summed E-state index contributed by atoms with van der Waals surface area (Å²) in [4.78, 5) is 14.1. The van der Waals surface area contributed by atoms with Crippen LogP contribution in [0, 0.1) is 10.5 Å². The molecule has 1 rings (SSSR count). The smallest absolute Gasteiger partial charge is 0.477 e. The summed E-state index contributed by atoms with van der Waals surface area (Å²) < 4.78 is 39.7. The third-order valence-corrected chi connectivity index (χ3v) is 2.34. The SMILES string of the molecule is Cc1nc(C(=O)O)cc(I)c1OC(F)(F)F. The van der Waals surface area contributed by atoms with Gasteiger partial charge in [0.15, 0.2) is 5.75 Å². The number of aromatic nitrogens is 1. The number of nitrogens with zero attached hydrogens (tertiary/aromatic N) is 1. The Kier molecular flexibility index (Phi) is 3.61. The van der Waals surface area contributed by atoms with Crippen LogP contribution in [-0.4, -0.2) is 22.4 Å². The number of aromatic carboxylic acids is 1. The molecule has 0 aromatic carbocycles. The van der Waals surface area contributed by atoms with Gasteiger partial charge in [-0.05, 0) is 35.6 Å². The van der Waals surface area contributed by atoms with Crippen LogP contribution in [0.2, 0.25) is 0 Å². The first-order chi connectivity index (χ1) is 7.20. The van der Waals surface area contributed by atoms with Crippen molar-refractivity contribution in [2.45, 2.75) is 13.3 Å². The number of ether oxygens (including phenoxy) is 1. The Morgan fingerprint density at radius 2 is 2.12 bits per heavy atom. The van der Waals surface area contributed by atoms with E-state index in [-0.39, 0.29) is 15.0 Å². The maximum atomic E-state index is 12.0. The lowest BCUT2D eigenvalue weighted by molar-refractivity contribution is -0.275. The Labute approximate surface area is 102 Å². The minimum atomic E-state index is -4.82. The summed E-state index contributed by atoms with van der Waals surface area (Å²) in [6.07, 6.45) is -4.82. The molecule has 1 N–H and O–H groups in total. The molecule has 0 unspecified atom stereocenters. The topological polar surface area (TPSA) is 59.4 Å². The number of halogens is 4. The molecule has 0 aliphatic heterocycles. The maximum absolute atomic E-state index is 12.0. The van der Waals surface area contributed by atoms with Gasteiger partial charge in [0.25, 0.3) is 0 Å². The fourth-order valence-electron chi connectivity index (χ4n) is 0.970. The number of carboxylic acids is 1. The Morgan fingerprint density at radius 1 is 1.56 bits per heavy atom. The number of alkyl halides is 3. The number of hydrogen-bond acceptors (Lipinski definition) is 3. The van der Waals surface area contributed by atoms with Gasteiger partial charge in [0.1, 0.15) is 5.69 Å². The first-order valence-electron chi connectivity index (χ1n) is 3.87. The first kappa shape index (κ1) is 13.0. The number of carbonyl (C=O) groups is 1. The van der Waals surface area contributed by atoms with E-state index in [1.807, 2.05) is 0 Å². The Morgan fingerprint density at radius 3 is 2.50 bits per heavy atom. The van der Waals surface area contributed by atoms with E-state index in [1.54, 1.807) is 22.6 Å². The van der Waals surface area contributed by atoms with Gasteiger partial charge in [-0.3, -0.25) is 0 Å². The molecule has 0 saturated carbocycles. The van der Waals surface area contributed by atoms with Crippen LogP contribution in [0.4, 0.5) is 13.2 Å². The van der Waals surface area contributed by atoms with Crippen molar-refractivity contribution in [2.24, 2.45) is 0 Å². The summed E-state index contributed by atoms with van der Waals surface area (Å²) in [5.41, 5.74) is -0.446. The van der Waals surface area contributed by atoms with E-state index in [2.05, 4.69) is 9.72 Å². The lowest BCUT2D eigenvalue weighted by Gasteiger charge is -2.12. The zero-order chi connectivity index (χ0) is 12.5. The third kappa shape index (κ3) is 3.22. The van der Waals surface area contributed by atoms with Gasteiger partial charge < -0.3 is 9.84 Å². The van der Waals surface area contributed by atoms with Gasteiger partial charge in [0.05, 0.1) is 9.26 Å². The summed E-state index contributed by atoms with van der Waals surface area (Å²) in [5, 5.41) is 8.63. The predicted octanol–water partition coefficient (Wildman–Crippen LogP) is 2.59. The second kappa shape index (κ2) is 4.44. The molecule has 88 valence electrons. The zero-order valence-corrected chi connectivity index (χ0v) is 9.96. The van der Waals surface area contributed by atoms with Gasteiger partial charge in [0.2, 0.25) is 0 Å². The van der Waals surface area contributed by atoms with E-state index in [1.165, 1.54) is 6.92 Å². The van der Waals surface area contributed by atoms with Crippen molar-refractivity contribution in [3.63, 3.8) is 0 Å². The van der Waals surface area contributed by atoms with Crippen molar-refractivity contribution < 1.29 is 27.8 Å². The summed E-state index contributed by atoms with van der Waals surface area (Å²) >= 11 is 1.56. The minimum absolute atomic E-state index is 0.0415. The van der Waals surface area contributed by atoms with Crippen molar-refractivity contribution in [1.29, 1.82) is 0 Å². The maximum Gasteiger partial charge on any atom is 0.573 e. The number of carboxylic acid groups (broad SMARTS) is 1. The summed E-state index contributed by atoms with van der Waals surface area (Å²) in [6, 6.07) is 1.01. The number of aryl methyl sites for hydroxylation is 1. The van der Waals surface area contributed by atoms with Crippen LogP contribution in [0.25, 0.3) is 0 Å². The van der Waals surface area contributed by atoms with E-state index in [0.717, 1.165) is 6.07 Å². The molecule has 0 fully saturated rings. The van der Waals surface area contributed by atoms with Crippen LogP contribution in [0.15, 0.2) is 6.07 Å². The molecule has 4 nitrogen and oxygen atoms in total. The highest BCUT2D eigenvalue weighted by molar-refractivity contribution is 14.1. The van der Waals surface area contributed by atoms with Gasteiger partial charge in [-0.2, -0.15) is 0 Å². The normalized spacial score (nSPS) is 11.3. The molecule has 1 heterocycles. The Bertz CT molecular complexity index is 410. The molecule has 16 heavy (non-hydrogen) atoms. The summed E-state index contributed by atoms with van der Waals surface area (Å²) in [7, 11) is 0. The van der Waals surface area contributed by atoms with Gasteiger partial charge in [-0.1, -0.05) is 0 Å². The molecular weight excluding hydrogens is 342 g/mol. The van der Waals surface area contributed by atoms with E-state index < -0.39 is 18.1 Å². The molecule has 1 aromatic heterocycles. The van der Waals surface area contributed by atoms with Crippen LogP contribution < -0.4 is 4.74 Å². The zero-order valence-electron chi connectivity index (χ0n) is 7.80. The highest BCUT2D eigenvalue weighted by atomic mass is 127. The van der Waals surface area contributed by atoms with Crippen LogP contribution in [0.5, 0.6) is 5.75 Å². The van der Waals surface area contributed by atoms with Crippen molar-refractivity contribution in [3.8, 4) is 5.75 Å². The highest BCUT2D eigenvalue weighted by Crippen LogP contribution is 2.30. The van der Waals surface area contributed by atoms with Crippen molar-refractivity contribution in [1.82, 2.24) is 4.98 Å². The van der Waals surface area contributed by atoms with Crippen LogP contribution >= 0.6 is 22.6 Å². The fraction of sp³-hybridized carbons (Fsp3) is 0.250. The third-order valence-electron chi connectivity index (χ3n) is 1.53. The van der Waals surface area contributed by atoms with Crippen LogP contribution in [0.1, 0.15) is 16.2 Å². The van der Waals surface area contributed by atoms with E-state index in [0.29, 0.717) is 0 Å². The van der Waals surface area contributed by atoms with E-state index in [9.17, 15) is 18.0 Å². The monoisotopic (exact) mass is 347 g/mol. The molecule has 0 amide bonds. The summed E-state index contributed by atoms with van der Waals surface area (Å²) in [6.45, 7) is 1.25. The average Bonchev–Trinajstić information content (AvgIpc) is 2.09. The van der Waals surface area contributed by atoms with Gasteiger partial charge in [-0.25, -0.2) is 9.78 Å². The number of pyridine rings is 1. The standard InChI is InChI=1S/C8H5F3INO3/c1-3-6(16-8(9,10)11)4(12)2-5(13-3)7(14)15/h2H,1H3,(H,14,15). The molecule has 0 atom stereocenters. The molecule has 0 aliphatic carbocycles. The van der Waals surface area contributed by atoms with E-state index >= 15 is 0 Å². The lowest BCUT2D eigenvalue weighted by Crippen LogP contribution is -2.19. The molecule has 0 bridgehead atoms. The molecular formula is C8H5F3INO3. The fourth-order valence-corrected chi connectivity index (χ4v) is 1.77. The lowest BCUT2D eigenvalue weighted by atomic mass is 10.3. The minimum Gasteiger partial charge on any atom is -0.477 e.